The van der Waals surface area contributed by atoms with E-state index in [0.29, 0.717) is 10.6 Å². The van der Waals surface area contributed by atoms with E-state index in [4.69, 9.17) is 0 Å². The second kappa shape index (κ2) is 5.06. The normalized spacial score (nSPS) is 11.8. The van der Waals surface area contributed by atoms with Crippen LogP contribution in [0.3, 0.4) is 0 Å². The molecular formula is C14H15N5O2S. The van der Waals surface area contributed by atoms with Gasteiger partial charge in [-0.3, -0.25) is 18.7 Å². The van der Waals surface area contributed by atoms with E-state index in [2.05, 4.69) is 15.4 Å². The molecule has 3 heterocycles. The molecule has 0 aliphatic carbocycles. The van der Waals surface area contributed by atoms with Crippen LogP contribution in [0.5, 0.6) is 0 Å². The van der Waals surface area contributed by atoms with Crippen LogP contribution >= 0.6 is 11.3 Å². The maximum absolute atomic E-state index is 12.3. The number of fused-ring (bicyclic) bond motifs is 1. The minimum Gasteiger partial charge on any atom is -0.319 e. The third-order valence-corrected chi connectivity index (χ3v) is 3.89. The van der Waals surface area contributed by atoms with Crippen LogP contribution in [0.25, 0.3) is 4.96 Å². The van der Waals surface area contributed by atoms with Crippen molar-refractivity contribution in [2.75, 3.05) is 5.32 Å². The SMILES string of the molecule is CC(C)(C)n1cc(NC(=O)c2cnc3sccn3c2=O)cn1. The van der Waals surface area contributed by atoms with Crippen molar-refractivity contribution in [3.63, 3.8) is 0 Å². The number of thiazole rings is 1. The zero-order valence-corrected chi connectivity index (χ0v) is 13.2. The zero-order valence-electron chi connectivity index (χ0n) is 12.4. The quantitative estimate of drug-likeness (QED) is 0.783. The number of carbonyl (C=O) groups excluding carboxylic acids is 1. The Balaban J connectivity index is 1.89. The predicted molar refractivity (Wildman–Crippen MR) is 84.5 cm³/mol. The molecule has 7 nitrogen and oxygen atoms in total. The van der Waals surface area contributed by atoms with Gasteiger partial charge in [0.05, 0.1) is 17.4 Å². The first kappa shape index (κ1) is 14.5. The summed E-state index contributed by atoms with van der Waals surface area (Å²) in [5, 5.41) is 8.63. The van der Waals surface area contributed by atoms with Gasteiger partial charge in [-0.05, 0) is 20.8 Å². The van der Waals surface area contributed by atoms with Gasteiger partial charge in [-0.2, -0.15) is 5.10 Å². The Hall–Kier alpha value is -2.48. The van der Waals surface area contributed by atoms with Crippen molar-refractivity contribution in [1.29, 1.82) is 0 Å². The molecule has 0 aliphatic rings. The fraction of sp³-hybridized carbons (Fsp3) is 0.286. The summed E-state index contributed by atoms with van der Waals surface area (Å²) in [4.78, 5) is 29.2. The van der Waals surface area contributed by atoms with Gasteiger partial charge in [-0.25, -0.2) is 4.98 Å². The Morgan fingerprint density at radius 3 is 2.77 bits per heavy atom. The van der Waals surface area contributed by atoms with E-state index in [1.165, 1.54) is 21.9 Å². The van der Waals surface area contributed by atoms with Crippen LogP contribution < -0.4 is 10.9 Å². The molecule has 8 heteroatoms. The maximum atomic E-state index is 12.3. The molecule has 0 aromatic carbocycles. The second-order valence-electron chi connectivity index (χ2n) is 5.83. The molecule has 3 aromatic rings. The van der Waals surface area contributed by atoms with E-state index < -0.39 is 5.91 Å². The van der Waals surface area contributed by atoms with Crippen molar-refractivity contribution in [2.24, 2.45) is 0 Å². The molecule has 0 aliphatic heterocycles. The van der Waals surface area contributed by atoms with Crippen molar-refractivity contribution in [2.45, 2.75) is 26.3 Å². The molecule has 3 aromatic heterocycles. The van der Waals surface area contributed by atoms with E-state index in [0.717, 1.165) is 0 Å². The fourth-order valence-corrected chi connectivity index (χ4v) is 2.61. The number of anilines is 1. The first-order valence-corrected chi connectivity index (χ1v) is 7.55. The number of hydrogen-bond donors (Lipinski definition) is 1. The summed E-state index contributed by atoms with van der Waals surface area (Å²) in [5.41, 5.74) is -0.0271. The number of nitrogens with one attached hydrogen (secondary N) is 1. The smallest absolute Gasteiger partial charge is 0.271 e. The Kier molecular flexibility index (Phi) is 3.32. The van der Waals surface area contributed by atoms with Crippen LogP contribution in [0.2, 0.25) is 0 Å². The molecule has 1 amide bonds. The van der Waals surface area contributed by atoms with Gasteiger partial charge in [0.25, 0.3) is 11.5 Å². The minimum atomic E-state index is -0.494. The first-order chi connectivity index (χ1) is 10.4. The molecule has 1 N–H and O–H groups in total. The lowest BCUT2D eigenvalue weighted by molar-refractivity contribution is 0.102. The minimum absolute atomic E-state index is 0.000548. The molecule has 114 valence electrons. The Bertz CT molecular complexity index is 900. The second-order valence-corrected chi connectivity index (χ2v) is 6.70. The van der Waals surface area contributed by atoms with Crippen LogP contribution in [0, 0.1) is 0 Å². The highest BCUT2D eigenvalue weighted by atomic mass is 32.1. The van der Waals surface area contributed by atoms with Gasteiger partial charge >= 0.3 is 0 Å². The van der Waals surface area contributed by atoms with Gasteiger partial charge in [0.2, 0.25) is 0 Å². The van der Waals surface area contributed by atoms with Crippen LogP contribution in [0.1, 0.15) is 31.1 Å². The van der Waals surface area contributed by atoms with Gasteiger partial charge in [-0.15, -0.1) is 11.3 Å². The van der Waals surface area contributed by atoms with E-state index in [1.807, 2.05) is 20.8 Å². The summed E-state index contributed by atoms with van der Waals surface area (Å²) in [6.45, 7) is 6.02. The molecule has 22 heavy (non-hydrogen) atoms. The Morgan fingerprint density at radius 1 is 1.32 bits per heavy atom. The van der Waals surface area contributed by atoms with E-state index in [9.17, 15) is 9.59 Å². The highest BCUT2D eigenvalue weighted by molar-refractivity contribution is 7.15. The van der Waals surface area contributed by atoms with Crippen molar-refractivity contribution in [3.8, 4) is 0 Å². The van der Waals surface area contributed by atoms with Gasteiger partial charge in [-0.1, -0.05) is 0 Å². The third kappa shape index (κ3) is 2.52. The summed E-state index contributed by atoms with van der Waals surface area (Å²) >= 11 is 1.34. The molecule has 0 unspecified atom stereocenters. The lowest BCUT2D eigenvalue weighted by Crippen LogP contribution is -2.26. The molecular weight excluding hydrogens is 302 g/mol. The van der Waals surface area contributed by atoms with Crippen LogP contribution in [-0.2, 0) is 5.54 Å². The van der Waals surface area contributed by atoms with Crippen LogP contribution in [-0.4, -0.2) is 25.1 Å². The summed E-state index contributed by atoms with van der Waals surface area (Å²) in [7, 11) is 0. The predicted octanol–water partition coefficient (Wildman–Crippen LogP) is 1.96. The Labute approximate surface area is 130 Å². The largest absolute Gasteiger partial charge is 0.319 e. The lowest BCUT2D eigenvalue weighted by atomic mass is 10.1. The van der Waals surface area contributed by atoms with Gasteiger partial charge in [0, 0.05) is 24.0 Å². The molecule has 0 saturated carbocycles. The lowest BCUT2D eigenvalue weighted by Gasteiger charge is -2.18. The summed E-state index contributed by atoms with van der Waals surface area (Å²) < 4.78 is 3.11. The molecule has 0 atom stereocenters. The fourth-order valence-electron chi connectivity index (χ4n) is 1.93. The van der Waals surface area contributed by atoms with Crippen molar-refractivity contribution in [3.05, 3.63) is 46.1 Å². The molecule has 0 fully saturated rings. The van der Waals surface area contributed by atoms with Gasteiger partial charge in [0.15, 0.2) is 4.96 Å². The Morgan fingerprint density at radius 2 is 2.09 bits per heavy atom. The van der Waals surface area contributed by atoms with E-state index in [-0.39, 0.29) is 16.7 Å². The van der Waals surface area contributed by atoms with Gasteiger partial charge in [0.1, 0.15) is 5.56 Å². The van der Waals surface area contributed by atoms with Gasteiger partial charge < -0.3 is 5.32 Å². The van der Waals surface area contributed by atoms with Crippen molar-refractivity contribution in [1.82, 2.24) is 19.2 Å². The van der Waals surface area contributed by atoms with E-state index in [1.54, 1.807) is 28.7 Å². The molecule has 0 bridgehead atoms. The maximum Gasteiger partial charge on any atom is 0.271 e. The average molecular weight is 317 g/mol. The van der Waals surface area contributed by atoms with Crippen LogP contribution in [0.4, 0.5) is 5.69 Å². The third-order valence-electron chi connectivity index (χ3n) is 3.12. The zero-order chi connectivity index (χ0) is 15.9. The number of nitrogens with zero attached hydrogens (tertiary/aromatic N) is 4. The van der Waals surface area contributed by atoms with Crippen LogP contribution in [0.15, 0.2) is 35.0 Å². The number of aromatic nitrogens is 4. The number of amides is 1. The topological polar surface area (TPSA) is 81.3 Å². The number of carbonyl (C=O) groups is 1. The summed E-state index contributed by atoms with van der Waals surface area (Å²) in [5.74, 6) is -0.494. The summed E-state index contributed by atoms with van der Waals surface area (Å²) in [6, 6.07) is 0. The molecule has 0 radical (unpaired) electrons. The monoisotopic (exact) mass is 317 g/mol. The first-order valence-electron chi connectivity index (χ1n) is 6.67. The number of rotatable bonds is 2. The summed E-state index contributed by atoms with van der Waals surface area (Å²) in [6.07, 6.45) is 6.19. The molecule has 0 saturated heterocycles. The standard InChI is InChI=1S/C14H15N5O2S/c1-14(2,3)19-8-9(6-16-19)17-11(20)10-7-15-13-18(12(10)21)4-5-22-13/h4-8H,1-3H3,(H,17,20). The highest BCUT2D eigenvalue weighted by Crippen LogP contribution is 2.16. The molecule has 0 spiro atoms. The molecule has 3 rings (SSSR count). The highest BCUT2D eigenvalue weighted by Gasteiger charge is 2.17. The van der Waals surface area contributed by atoms with Crippen molar-refractivity contribution < 1.29 is 4.79 Å². The van der Waals surface area contributed by atoms with Crippen molar-refractivity contribution >= 4 is 27.9 Å². The number of hydrogen-bond acceptors (Lipinski definition) is 5. The van der Waals surface area contributed by atoms with E-state index >= 15 is 0 Å². The average Bonchev–Trinajstić information content (AvgIpc) is 3.06.